The van der Waals surface area contributed by atoms with E-state index >= 15 is 0 Å². The molecule has 2 atom stereocenters. The van der Waals surface area contributed by atoms with Crippen molar-refractivity contribution in [2.75, 3.05) is 13.2 Å². The lowest BCUT2D eigenvalue weighted by Crippen LogP contribution is -2.48. The molecule has 0 spiro atoms. The number of primary amides is 1. The van der Waals surface area contributed by atoms with Gasteiger partial charge in [0.1, 0.15) is 5.75 Å². The van der Waals surface area contributed by atoms with Gasteiger partial charge in [0.05, 0.1) is 12.5 Å². The highest BCUT2D eigenvalue weighted by Gasteiger charge is 2.31. The van der Waals surface area contributed by atoms with Gasteiger partial charge < -0.3 is 15.4 Å². The topological polar surface area (TPSA) is 72.6 Å². The number of aryl methyl sites for hydroxylation is 1. The van der Waals surface area contributed by atoms with Crippen molar-refractivity contribution >= 4 is 11.8 Å². The molecule has 0 aliphatic carbocycles. The van der Waals surface area contributed by atoms with Crippen LogP contribution < -0.4 is 10.5 Å². The largest absolute Gasteiger partial charge is 0.494 e. The molecule has 2 N–H and O–H groups in total. The number of likely N-dealkylation sites (tertiary alicyclic amines) is 1. The molecule has 1 heterocycles. The number of carbonyl (C=O) groups excluding carboxylic acids is 2. The molecule has 0 saturated carbocycles. The Kier molecular flexibility index (Phi) is 6.64. The van der Waals surface area contributed by atoms with Crippen LogP contribution in [0.4, 0.5) is 0 Å². The first-order valence-corrected chi connectivity index (χ1v) is 8.75. The fraction of sp³-hybridized carbons (Fsp3) is 0.579. The maximum absolute atomic E-state index is 12.4. The third-order valence-electron chi connectivity index (χ3n) is 4.65. The number of unbranched alkanes of at least 4 members (excludes halogenated alkanes) is 1. The van der Waals surface area contributed by atoms with Crippen LogP contribution in [0.1, 0.15) is 44.6 Å². The molecule has 2 amide bonds. The molecule has 0 radical (unpaired) electrons. The predicted molar refractivity (Wildman–Crippen MR) is 93.6 cm³/mol. The fourth-order valence-electron chi connectivity index (χ4n) is 3.10. The summed E-state index contributed by atoms with van der Waals surface area (Å²) >= 11 is 0. The maximum atomic E-state index is 12.4. The lowest BCUT2D eigenvalue weighted by molar-refractivity contribution is -0.137. The molecule has 0 unspecified atom stereocenters. The Morgan fingerprint density at radius 1 is 1.29 bits per heavy atom. The molecule has 5 heteroatoms. The molecule has 1 aliphatic heterocycles. The smallest absolute Gasteiger partial charge is 0.222 e. The zero-order chi connectivity index (χ0) is 17.5. The quantitative estimate of drug-likeness (QED) is 0.780. The van der Waals surface area contributed by atoms with Gasteiger partial charge in [-0.15, -0.1) is 0 Å². The van der Waals surface area contributed by atoms with E-state index in [0.29, 0.717) is 19.6 Å². The lowest BCUT2D eigenvalue weighted by Gasteiger charge is -2.37. The highest BCUT2D eigenvalue weighted by Crippen LogP contribution is 2.23. The summed E-state index contributed by atoms with van der Waals surface area (Å²) in [5.74, 6) is 0.486. The number of hydrogen-bond acceptors (Lipinski definition) is 3. The van der Waals surface area contributed by atoms with Gasteiger partial charge in [-0.1, -0.05) is 12.1 Å². The van der Waals surface area contributed by atoms with Crippen molar-refractivity contribution in [1.82, 2.24) is 4.90 Å². The van der Waals surface area contributed by atoms with Crippen LogP contribution in [0, 0.1) is 12.8 Å². The van der Waals surface area contributed by atoms with Crippen molar-refractivity contribution in [2.24, 2.45) is 11.7 Å². The molecule has 132 valence electrons. The lowest BCUT2D eigenvalue weighted by atomic mass is 9.92. The van der Waals surface area contributed by atoms with Gasteiger partial charge in [-0.3, -0.25) is 9.59 Å². The maximum Gasteiger partial charge on any atom is 0.222 e. The van der Waals surface area contributed by atoms with Crippen molar-refractivity contribution in [2.45, 2.75) is 52.0 Å². The number of amides is 2. The van der Waals surface area contributed by atoms with E-state index in [0.717, 1.165) is 31.4 Å². The Morgan fingerprint density at radius 2 is 2.08 bits per heavy atom. The van der Waals surface area contributed by atoms with Crippen LogP contribution in [0.15, 0.2) is 24.3 Å². The second-order valence-corrected chi connectivity index (χ2v) is 6.69. The van der Waals surface area contributed by atoms with Crippen molar-refractivity contribution in [3.63, 3.8) is 0 Å². The van der Waals surface area contributed by atoms with E-state index < -0.39 is 0 Å². The van der Waals surface area contributed by atoms with E-state index in [2.05, 4.69) is 0 Å². The molecule has 24 heavy (non-hydrogen) atoms. The molecule has 1 saturated heterocycles. The molecular weight excluding hydrogens is 304 g/mol. The highest BCUT2D eigenvalue weighted by atomic mass is 16.5. The van der Waals surface area contributed by atoms with E-state index in [9.17, 15) is 9.59 Å². The number of nitrogens with two attached hydrogens (primary N) is 1. The second kappa shape index (κ2) is 8.71. The van der Waals surface area contributed by atoms with E-state index in [1.165, 1.54) is 5.56 Å². The van der Waals surface area contributed by atoms with E-state index in [1.807, 2.05) is 43.0 Å². The van der Waals surface area contributed by atoms with Crippen LogP contribution in [0.5, 0.6) is 5.75 Å². The number of piperidine rings is 1. The number of ether oxygens (including phenoxy) is 1. The summed E-state index contributed by atoms with van der Waals surface area (Å²) in [5.41, 5.74) is 6.56. The standard InChI is InChI=1S/C19H28N2O3/c1-14-6-5-7-17(12-14)24-11-4-3-8-18(22)21-13-16(19(20)23)10-9-15(21)2/h5-7,12,15-16H,3-4,8-11,13H2,1-2H3,(H2,20,23)/t15-,16+/m0/s1. The van der Waals surface area contributed by atoms with Gasteiger partial charge in [0, 0.05) is 19.0 Å². The summed E-state index contributed by atoms with van der Waals surface area (Å²) < 4.78 is 5.70. The second-order valence-electron chi connectivity index (χ2n) is 6.69. The third kappa shape index (κ3) is 5.25. The van der Waals surface area contributed by atoms with E-state index in [1.54, 1.807) is 0 Å². The first kappa shape index (κ1) is 18.3. The highest BCUT2D eigenvalue weighted by molar-refractivity contribution is 5.80. The van der Waals surface area contributed by atoms with Crippen LogP contribution >= 0.6 is 0 Å². The Labute approximate surface area is 144 Å². The Bertz CT molecular complexity index is 573. The molecule has 0 bridgehead atoms. The Morgan fingerprint density at radius 3 is 2.79 bits per heavy atom. The summed E-state index contributed by atoms with van der Waals surface area (Å²) in [6, 6.07) is 8.14. The van der Waals surface area contributed by atoms with Crippen LogP contribution in [-0.4, -0.2) is 35.9 Å². The zero-order valence-corrected chi connectivity index (χ0v) is 14.7. The molecular formula is C19H28N2O3. The minimum Gasteiger partial charge on any atom is -0.494 e. The van der Waals surface area contributed by atoms with Gasteiger partial charge in [-0.05, 0) is 57.2 Å². The number of nitrogens with zero attached hydrogens (tertiary/aromatic N) is 1. The van der Waals surface area contributed by atoms with Gasteiger partial charge in [0.15, 0.2) is 0 Å². The minimum atomic E-state index is -0.300. The SMILES string of the molecule is Cc1cccc(OCCCCC(=O)N2C[C@H](C(N)=O)CC[C@@H]2C)c1. The summed E-state index contributed by atoms with van der Waals surface area (Å²) in [4.78, 5) is 25.6. The average molecular weight is 332 g/mol. The summed E-state index contributed by atoms with van der Waals surface area (Å²) in [6.07, 6.45) is 3.74. The Balaban J connectivity index is 1.69. The van der Waals surface area contributed by atoms with Crippen molar-refractivity contribution < 1.29 is 14.3 Å². The van der Waals surface area contributed by atoms with Crippen molar-refractivity contribution in [3.8, 4) is 5.75 Å². The van der Waals surface area contributed by atoms with Gasteiger partial charge in [-0.25, -0.2) is 0 Å². The predicted octanol–water partition coefficient (Wildman–Crippen LogP) is 2.66. The fourth-order valence-corrected chi connectivity index (χ4v) is 3.10. The first-order chi connectivity index (χ1) is 11.5. The van der Waals surface area contributed by atoms with Crippen molar-refractivity contribution in [3.05, 3.63) is 29.8 Å². The zero-order valence-electron chi connectivity index (χ0n) is 14.7. The number of rotatable bonds is 7. The monoisotopic (exact) mass is 332 g/mol. The number of benzene rings is 1. The van der Waals surface area contributed by atoms with Crippen LogP contribution in [0.3, 0.4) is 0 Å². The van der Waals surface area contributed by atoms with Gasteiger partial charge in [0.2, 0.25) is 11.8 Å². The molecule has 5 nitrogen and oxygen atoms in total. The van der Waals surface area contributed by atoms with E-state index in [-0.39, 0.29) is 23.8 Å². The molecule has 1 aromatic carbocycles. The average Bonchev–Trinajstić information content (AvgIpc) is 2.54. The third-order valence-corrected chi connectivity index (χ3v) is 4.65. The van der Waals surface area contributed by atoms with Crippen LogP contribution in [0.25, 0.3) is 0 Å². The number of carbonyl (C=O) groups is 2. The van der Waals surface area contributed by atoms with Crippen LogP contribution in [-0.2, 0) is 9.59 Å². The van der Waals surface area contributed by atoms with Gasteiger partial charge in [0.25, 0.3) is 0 Å². The first-order valence-electron chi connectivity index (χ1n) is 8.75. The van der Waals surface area contributed by atoms with Crippen LogP contribution in [0.2, 0.25) is 0 Å². The molecule has 1 aromatic rings. The summed E-state index contributed by atoms with van der Waals surface area (Å²) in [6.45, 7) is 5.14. The molecule has 1 fully saturated rings. The molecule has 0 aromatic heterocycles. The minimum absolute atomic E-state index is 0.115. The number of hydrogen-bond donors (Lipinski definition) is 1. The Hall–Kier alpha value is -2.04. The molecule has 1 aliphatic rings. The molecule has 2 rings (SSSR count). The summed E-state index contributed by atoms with van der Waals surface area (Å²) in [5, 5.41) is 0. The van der Waals surface area contributed by atoms with Gasteiger partial charge >= 0.3 is 0 Å². The van der Waals surface area contributed by atoms with E-state index in [4.69, 9.17) is 10.5 Å². The summed E-state index contributed by atoms with van der Waals surface area (Å²) in [7, 11) is 0. The van der Waals surface area contributed by atoms with Gasteiger partial charge in [-0.2, -0.15) is 0 Å². The van der Waals surface area contributed by atoms with Crippen molar-refractivity contribution in [1.29, 1.82) is 0 Å². The normalized spacial score (nSPS) is 20.7.